The Morgan fingerprint density at radius 2 is 2.14 bits per heavy atom. The maximum atomic E-state index is 11.9. The number of hydrogen-bond acceptors (Lipinski definition) is 6. The SMILES string of the molecule is O=C(Nc1ncc(C#CCCO)s1)c1ccc(O)c(O)c1. The van der Waals surface area contributed by atoms with Crippen LogP contribution in [0.25, 0.3) is 0 Å². The minimum Gasteiger partial charge on any atom is -0.504 e. The first-order valence-corrected chi connectivity index (χ1v) is 6.80. The normalized spacial score (nSPS) is 9.76. The fourth-order valence-electron chi connectivity index (χ4n) is 1.43. The molecule has 0 aliphatic heterocycles. The van der Waals surface area contributed by atoms with Crippen LogP contribution in [0.5, 0.6) is 11.5 Å². The van der Waals surface area contributed by atoms with Crippen LogP contribution >= 0.6 is 11.3 Å². The predicted octanol–water partition coefficient (Wildman–Crippen LogP) is 1.54. The van der Waals surface area contributed by atoms with Gasteiger partial charge in [0.25, 0.3) is 5.91 Å². The van der Waals surface area contributed by atoms with Crippen molar-refractivity contribution in [1.29, 1.82) is 0 Å². The second-order valence-electron chi connectivity index (χ2n) is 3.96. The van der Waals surface area contributed by atoms with Crippen LogP contribution in [0.4, 0.5) is 5.13 Å². The van der Waals surface area contributed by atoms with Gasteiger partial charge in [-0.3, -0.25) is 10.1 Å². The van der Waals surface area contributed by atoms with E-state index in [1.54, 1.807) is 0 Å². The van der Waals surface area contributed by atoms with E-state index in [1.165, 1.54) is 35.7 Å². The molecule has 0 saturated heterocycles. The topological polar surface area (TPSA) is 103 Å². The van der Waals surface area contributed by atoms with Gasteiger partial charge in [-0.25, -0.2) is 4.98 Å². The third-order valence-electron chi connectivity index (χ3n) is 2.41. The van der Waals surface area contributed by atoms with Gasteiger partial charge in [0.05, 0.1) is 17.7 Å². The fourth-order valence-corrected chi connectivity index (χ4v) is 2.12. The minimum absolute atomic E-state index is 0.000255. The van der Waals surface area contributed by atoms with Crippen molar-refractivity contribution in [2.45, 2.75) is 6.42 Å². The van der Waals surface area contributed by atoms with E-state index in [1.807, 2.05) is 0 Å². The lowest BCUT2D eigenvalue weighted by Gasteiger charge is -2.03. The lowest BCUT2D eigenvalue weighted by Crippen LogP contribution is -2.11. The van der Waals surface area contributed by atoms with Gasteiger partial charge in [-0.15, -0.1) is 0 Å². The summed E-state index contributed by atoms with van der Waals surface area (Å²) >= 11 is 1.20. The zero-order valence-corrected chi connectivity index (χ0v) is 11.6. The number of nitrogens with zero attached hydrogens (tertiary/aromatic N) is 1. The Labute approximate surface area is 124 Å². The first kappa shape index (κ1) is 14.8. The summed E-state index contributed by atoms with van der Waals surface area (Å²) in [6.45, 7) is -0.000255. The van der Waals surface area contributed by atoms with Gasteiger partial charge >= 0.3 is 0 Å². The van der Waals surface area contributed by atoms with Crippen LogP contribution in [-0.4, -0.2) is 32.8 Å². The number of phenols is 2. The van der Waals surface area contributed by atoms with E-state index in [0.29, 0.717) is 16.4 Å². The number of carbonyl (C=O) groups is 1. The first-order valence-electron chi connectivity index (χ1n) is 5.99. The summed E-state index contributed by atoms with van der Waals surface area (Å²) in [6, 6.07) is 3.79. The van der Waals surface area contributed by atoms with Crippen LogP contribution in [0, 0.1) is 11.8 Å². The zero-order chi connectivity index (χ0) is 15.2. The Bertz CT molecular complexity index is 715. The molecular weight excluding hydrogens is 292 g/mol. The van der Waals surface area contributed by atoms with Crippen molar-refractivity contribution in [3.63, 3.8) is 0 Å². The van der Waals surface area contributed by atoms with Crippen LogP contribution in [-0.2, 0) is 0 Å². The van der Waals surface area contributed by atoms with Crippen LogP contribution in [0.1, 0.15) is 21.7 Å². The summed E-state index contributed by atoms with van der Waals surface area (Å²) in [5, 5.41) is 30.1. The molecule has 0 bridgehead atoms. The third-order valence-corrected chi connectivity index (χ3v) is 3.24. The van der Waals surface area contributed by atoms with Crippen LogP contribution < -0.4 is 5.32 Å². The number of rotatable bonds is 3. The number of aromatic hydroxyl groups is 2. The molecule has 0 atom stereocenters. The molecule has 7 heteroatoms. The molecular formula is C14H12N2O4S. The molecule has 1 amide bonds. The summed E-state index contributed by atoms with van der Waals surface area (Å²) in [7, 11) is 0. The highest BCUT2D eigenvalue weighted by Gasteiger charge is 2.11. The molecule has 0 saturated carbocycles. The van der Waals surface area contributed by atoms with E-state index in [4.69, 9.17) is 5.11 Å². The smallest absolute Gasteiger partial charge is 0.257 e. The summed E-state index contributed by atoms with van der Waals surface area (Å²) in [6.07, 6.45) is 1.91. The van der Waals surface area contributed by atoms with Crippen molar-refractivity contribution in [1.82, 2.24) is 4.98 Å². The lowest BCUT2D eigenvalue weighted by molar-refractivity contribution is 0.102. The van der Waals surface area contributed by atoms with Crippen LogP contribution in [0.15, 0.2) is 24.4 Å². The van der Waals surface area contributed by atoms with Gasteiger partial charge in [-0.05, 0) is 18.2 Å². The second kappa shape index (κ2) is 6.74. The van der Waals surface area contributed by atoms with E-state index in [-0.39, 0.29) is 23.7 Å². The summed E-state index contributed by atoms with van der Waals surface area (Å²) in [4.78, 5) is 16.6. The van der Waals surface area contributed by atoms with Gasteiger partial charge < -0.3 is 15.3 Å². The van der Waals surface area contributed by atoms with Gasteiger partial charge in [0, 0.05) is 12.0 Å². The number of nitrogens with one attached hydrogen (secondary N) is 1. The molecule has 6 nitrogen and oxygen atoms in total. The van der Waals surface area contributed by atoms with E-state index in [0.717, 1.165) is 0 Å². The van der Waals surface area contributed by atoms with Gasteiger partial charge in [-0.2, -0.15) is 0 Å². The molecule has 108 valence electrons. The van der Waals surface area contributed by atoms with E-state index in [9.17, 15) is 15.0 Å². The van der Waals surface area contributed by atoms with Gasteiger partial charge in [-0.1, -0.05) is 23.2 Å². The molecule has 0 spiro atoms. The molecule has 0 fully saturated rings. The lowest BCUT2D eigenvalue weighted by atomic mass is 10.2. The van der Waals surface area contributed by atoms with Crippen molar-refractivity contribution >= 4 is 22.4 Å². The van der Waals surface area contributed by atoms with Gasteiger partial charge in [0.15, 0.2) is 16.6 Å². The summed E-state index contributed by atoms with van der Waals surface area (Å²) in [5.74, 6) is 4.47. The first-order chi connectivity index (χ1) is 10.1. The van der Waals surface area contributed by atoms with Crippen molar-refractivity contribution in [2.75, 3.05) is 11.9 Å². The molecule has 2 aromatic rings. The quantitative estimate of drug-likeness (QED) is 0.509. The molecule has 2 rings (SSSR count). The van der Waals surface area contributed by atoms with Crippen molar-refractivity contribution in [3.8, 4) is 23.3 Å². The van der Waals surface area contributed by atoms with E-state index < -0.39 is 5.91 Å². The fraction of sp³-hybridized carbons (Fsp3) is 0.143. The van der Waals surface area contributed by atoms with Crippen LogP contribution in [0.2, 0.25) is 0 Å². The monoisotopic (exact) mass is 304 g/mol. The molecule has 1 aromatic heterocycles. The number of anilines is 1. The molecule has 4 N–H and O–H groups in total. The van der Waals surface area contributed by atoms with Crippen LogP contribution in [0.3, 0.4) is 0 Å². The standard InChI is InChI=1S/C14H12N2O4S/c17-6-2-1-3-10-8-15-14(21-10)16-13(20)9-4-5-11(18)12(19)7-9/h4-5,7-8,17-19H,2,6H2,(H,15,16,20). The Morgan fingerprint density at radius 1 is 1.33 bits per heavy atom. The minimum atomic E-state index is -0.450. The number of amides is 1. The number of aromatic nitrogens is 1. The average molecular weight is 304 g/mol. The highest BCUT2D eigenvalue weighted by atomic mass is 32.1. The number of hydrogen-bond donors (Lipinski definition) is 4. The Hall–Kier alpha value is -2.56. The van der Waals surface area contributed by atoms with Gasteiger partial charge in [0.2, 0.25) is 0 Å². The number of aliphatic hydroxyl groups is 1. The zero-order valence-electron chi connectivity index (χ0n) is 10.8. The Morgan fingerprint density at radius 3 is 2.86 bits per heavy atom. The van der Waals surface area contributed by atoms with Crippen molar-refractivity contribution in [2.24, 2.45) is 0 Å². The molecule has 0 aliphatic rings. The van der Waals surface area contributed by atoms with Crippen molar-refractivity contribution < 1.29 is 20.1 Å². The van der Waals surface area contributed by atoms with Crippen molar-refractivity contribution in [3.05, 3.63) is 34.8 Å². The maximum absolute atomic E-state index is 11.9. The molecule has 0 unspecified atom stereocenters. The highest BCUT2D eigenvalue weighted by molar-refractivity contribution is 7.16. The molecule has 1 aromatic carbocycles. The molecule has 21 heavy (non-hydrogen) atoms. The number of carbonyl (C=O) groups excluding carboxylic acids is 1. The van der Waals surface area contributed by atoms with E-state index >= 15 is 0 Å². The maximum Gasteiger partial charge on any atom is 0.257 e. The third kappa shape index (κ3) is 3.95. The highest BCUT2D eigenvalue weighted by Crippen LogP contribution is 2.25. The molecule has 1 heterocycles. The Kier molecular flexibility index (Phi) is 4.77. The largest absolute Gasteiger partial charge is 0.504 e. The van der Waals surface area contributed by atoms with Gasteiger partial charge in [0.1, 0.15) is 0 Å². The number of benzene rings is 1. The second-order valence-corrected chi connectivity index (χ2v) is 4.99. The molecule has 0 radical (unpaired) electrons. The average Bonchev–Trinajstić information content (AvgIpc) is 2.89. The predicted molar refractivity (Wildman–Crippen MR) is 78.4 cm³/mol. The number of phenolic OH excluding ortho intramolecular Hbond substituents is 2. The number of thiazole rings is 1. The summed E-state index contributed by atoms with van der Waals surface area (Å²) < 4.78 is 0. The Balaban J connectivity index is 2.06. The molecule has 0 aliphatic carbocycles. The van der Waals surface area contributed by atoms with E-state index in [2.05, 4.69) is 22.1 Å². The number of aliphatic hydroxyl groups excluding tert-OH is 1. The summed E-state index contributed by atoms with van der Waals surface area (Å²) in [5.41, 5.74) is 0.202.